The highest BCUT2D eigenvalue weighted by Gasteiger charge is 2.46. The summed E-state index contributed by atoms with van der Waals surface area (Å²) in [5.41, 5.74) is -0.764. The molecule has 0 aromatic carbocycles. The standard InChI is InChI=1S/C22H37F3N4O6/c1-11(2)15(16(30)22(23,24)25)28-18(32)14-9-8-10-29(14)19(33)13(4)26-17(31)12(3)27-20(34)35-21(5,6)7/h11-16,30H,8-10H2,1-7H3,(H,26,31)(H,27,34)(H,28,32)/t12-,13-,14-,15?,16?/m0/s1. The van der Waals surface area contributed by atoms with Gasteiger partial charge in [0.2, 0.25) is 17.7 Å². The van der Waals surface area contributed by atoms with Crippen LogP contribution in [-0.4, -0.2) is 82.4 Å². The third kappa shape index (κ3) is 9.19. The predicted octanol–water partition coefficient (Wildman–Crippen LogP) is 1.46. The van der Waals surface area contributed by atoms with Gasteiger partial charge >= 0.3 is 12.3 Å². The molecular weight excluding hydrogens is 473 g/mol. The number of carbonyl (C=O) groups is 4. The molecule has 0 spiro atoms. The van der Waals surface area contributed by atoms with E-state index in [1.54, 1.807) is 20.8 Å². The Labute approximate surface area is 203 Å². The molecule has 35 heavy (non-hydrogen) atoms. The number of ether oxygens (including phenoxy) is 1. The van der Waals surface area contributed by atoms with Crippen LogP contribution in [0.5, 0.6) is 0 Å². The lowest BCUT2D eigenvalue weighted by atomic mass is 9.97. The van der Waals surface area contributed by atoms with Gasteiger partial charge < -0.3 is 30.7 Å². The van der Waals surface area contributed by atoms with Gasteiger partial charge in [-0.1, -0.05) is 13.8 Å². The van der Waals surface area contributed by atoms with Crippen molar-refractivity contribution in [3.63, 3.8) is 0 Å². The monoisotopic (exact) mass is 510 g/mol. The number of alkyl carbamates (subject to hydrolysis) is 1. The summed E-state index contributed by atoms with van der Waals surface area (Å²) >= 11 is 0. The molecule has 0 bridgehead atoms. The summed E-state index contributed by atoms with van der Waals surface area (Å²) in [7, 11) is 0. The van der Waals surface area contributed by atoms with E-state index in [2.05, 4.69) is 16.0 Å². The first-order valence-corrected chi connectivity index (χ1v) is 11.5. The van der Waals surface area contributed by atoms with Crippen molar-refractivity contribution >= 4 is 23.8 Å². The van der Waals surface area contributed by atoms with E-state index in [1.807, 2.05) is 0 Å². The number of amides is 4. The number of hydrogen-bond donors (Lipinski definition) is 4. The Balaban J connectivity index is 2.79. The lowest BCUT2D eigenvalue weighted by Crippen LogP contribution is -2.58. The van der Waals surface area contributed by atoms with Crippen molar-refractivity contribution < 1.29 is 42.2 Å². The molecule has 0 aliphatic carbocycles. The van der Waals surface area contributed by atoms with Gasteiger partial charge in [0.1, 0.15) is 23.7 Å². The van der Waals surface area contributed by atoms with E-state index in [4.69, 9.17) is 4.74 Å². The SMILES string of the molecule is CC(C)C(NC(=O)[C@@H]1CCCN1C(=O)[C@H](C)NC(=O)[C@H](C)NC(=O)OC(C)(C)C)C(O)C(F)(F)F. The van der Waals surface area contributed by atoms with E-state index < -0.39 is 71.8 Å². The number of hydrogen-bond acceptors (Lipinski definition) is 6. The smallest absolute Gasteiger partial charge is 0.416 e. The van der Waals surface area contributed by atoms with Crippen molar-refractivity contribution in [2.24, 2.45) is 5.92 Å². The number of rotatable bonds is 8. The first kappa shape index (κ1) is 30.5. The van der Waals surface area contributed by atoms with Crippen LogP contribution in [0.25, 0.3) is 0 Å². The maximum absolute atomic E-state index is 13.0. The van der Waals surface area contributed by atoms with Gasteiger partial charge in [-0.05, 0) is 53.4 Å². The van der Waals surface area contributed by atoms with Crippen LogP contribution in [0.2, 0.25) is 0 Å². The van der Waals surface area contributed by atoms with Crippen molar-refractivity contribution in [3.8, 4) is 0 Å². The molecule has 1 rings (SSSR count). The van der Waals surface area contributed by atoms with Crippen LogP contribution < -0.4 is 16.0 Å². The van der Waals surface area contributed by atoms with E-state index in [0.717, 1.165) is 0 Å². The molecule has 1 aliphatic rings. The molecule has 5 atom stereocenters. The largest absolute Gasteiger partial charge is 0.444 e. The number of alkyl halides is 3. The van der Waals surface area contributed by atoms with Crippen molar-refractivity contribution in [2.75, 3.05) is 6.54 Å². The van der Waals surface area contributed by atoms with E-state index in [9.17, 15) is 37.5 Å². The molecule has 10 nitrogen and oxygen atoms in total. The minimum absolute atomic E-state index is 0.178. The number of aliphatic hydroxyl groups excluding tert-OH is 1. The number of nitrogens with one attached hydrogen (secondary N) is 3. The van der Waals surface area contributed by atoms with Crippen molar-refractivity contribution in [3.05, 3.63) is 0 Å². The number of halogens is 3. The molecule has 0 aromatic heterocycles. The van der Waals surface area contributed by atoms with Gasteiger partial charge in [0.15, 0.2) is 6.10 Å². The van der Waals surface area contributed by atoms with Crippen molar-refractivity contribution in [2.45, 2.75) is 103 Å². The molecule has 1 saturated heterocycles. The van der Waals surface area contributed by atoms with Gasteiger partial charge in [-0.3, -0.25) is 14.4 Å². The second-order valence-electron chi connectivity index (χ2n) is 10.1. The summed E-state index contributed by atoms with van der Waals surface area (Å²) in [6.07, 6.45) is -7.82. The average molecular weight is 511 g/mol. The van der Waals surface area contributed by atoms with Crippen LogP contribution >= 0.6 is 0 Å². The summed E-state index contributed by atoms with van der Waals surface area (Å²) in [5, 5.41) is 16.7. The summed E-state index contributed by atoms with van der Waals surface area (Å²) in [5.74, 6) is -2.79. The van der Waals surface area contributed by atoms with Gasteiger partial charge in [0, 0.05) is 6.54 Å². The molecule has 1 fully saturated rings. The third-order valence-corrected chi connectivity index (χ3v) is 5.40. The van der Waals surface area contributed by atoms with Crippen LogP contribution in [0.4, 0.5) is 18.0 Å². The van der Waals surface area contributed by atoms with Gasteiger partial charge in [0.05, 0.1) is 6.04 Å². The maximum atomic E-state index is 13.0. The lowest BCUT2D eigenvalue weighted by molar-refractivity contribution is -0.215. The average Bonchev–Trinajstić information content (AvgIpc) is 3.17. The third-order valence-electron chi connectivity index (χ3n) is 5.40. The normalized spacial score (nSPS) is 20.0. The van der Waals surface area contributed by atoms with Crippen LogP contribution in [0.3, 0.4) is 0 Å². The first-order chi connectivity index (χ1) is 15.8. The van der Waals surface area contributed by atoms with E-state index in [-0.39, 0.29) is 13.0 Å². The Morgan fingerprint density at radius 1 is 0.971 bits per heavy atom. The van der Waals surface area contributed by atoms with E-state index >= 15 is 0 Å². The number of nitrogens with zero attached hydrogens (tertiary/aromatic N) is 1. The number of likely N-dealkylation sites (tertiary alicyclic amines) is 1. The molecule has 0 saturated carbocycles. The Kier molecular flexibility index (Phi) is 10.4. The predicted molar refractivity (Wildman–Crippen MR) is 120 cm³/mol. The fourth-order valence-corrected chi connectivity index (χ4v) is 3.58. The van der Waals surface area contributed by atoms with Crippen LogP contribution in [-0.2, 0) is 19.1 Å². The Hall–Kier alpha value is -2.57. The molecule has 0 radical (unpaired) electrons. The quantitative estimate of drug-likeness (QED) is 0.390. The highest BCUT2D eigenvalue weighted by Crippen LogP contribution is 2.26. The first-order valence-electron chi connectivity index (χ1n) is 11.5. The maximum Gasteiger partial charge on any atom is 0.416 e. The van der Waals surface area contributed by atoms with Crippen LogP contribution in [0.1, 0.15) is 61.3 Å². The molecule has 0 aromatic rings. The fraction of sp³-hybridized carbons (Fsp3) is 0.818. The van der Waals surface area contributed by atoms with Crippen LogP contribution in [0, 0.1) is 5.92 Å². The Morgan fingerprint density at radius 3 is 2.03 bits per heavy atom. The summed E-state index contributed by atoms with van der Waals surface area (Å²) in [4.78, 5) is 51.1. The molecule has 4 N–H and O–H groups in total. The second kappa shape index (κ2) is 11.9. The molecular formula is C22H37F3N4O6. The zero-order valence-electron chi connectivity index (χ0n) is 21.2. The fourth-order valence-electron chi connectivity index (χ4n) is 3.58. The summed E-state index contributed by atoms with van der Waals surface area (Å²) in [6.45, 7) is 10.8. The van der Waals surface area contributed by atoms with E-state index in [1.165, 1.54) is 32.6 Å². The van der Waals surface area contributed by atoms with Gasteiger partial charge in [-0.2, -0.15) is 13.2 Å². The minimum Gasteiger partial charge on any atom is -0.444 e. The van der Waals surface area contributed by atoms with Crippen molar-refractivity contribution in [1.82, 2.24) is 20.9 Å². The number of carbonyl (C=O) groups excluding carboxylic acids is 4. The Morgan fingerprint density at radius 2 is 1.54 bits per heavy atom. The zero-order chi connectivity index (χ0) is 27.3. The summed E-state index contributed by atoms with van der Waals surface area (Å²) in [6, 6.07) is -4.72. The zero-order valence-corrected chi connectivity index (χ0v) is 21.2. The summed E-state index contributed by atoms with van der Waals surface area (Å²) < 4.78 is 44.1. The topological polar surface area (TPSA) is 137 Å². The van der Waals surface area contributed by atoms with E-state index in [0.29, 0.717) is 6.42 Å². The molecule has 1 heterocycles. The van der Waals surface area contributed by atoms with Gasteiger partial charge in [-0.25, -0.2) is 4.79 Å². The molecule has 2 unspecified atom stereocenters. The lowest BCUT2D eigenvalue weighted by Gasteiger charge is -2.32. The molecule has 1 aliphatic heterocycles. The Bertz CT molecular complexity index is 784. The highest BCUT2D eigenvalue weighted by molar-refractivity contribution is 5.94. The van der Waals surface area contributed by atoms with Crippen molar-refractivity contribution in [1.29, 1.82) is 0 Å². The second-order valence-corrected chi connectivity index (χ2v) is 10.1. The van der Waals surface area contributed by atoms with Gasteiger partial charge in [0.25, 0.3) is 0 Å². The van der Waals surface area contributed by atoms with Crippen LogP contribution in [0.15, 0.2) is 0 Å². The molecule has 4 amide bonds. The molecule has 13 heteroatoms. The highest BCUT2D eigenvalue weighted by atomic mass is 19.4. The van der Waals surface area contributed by atoms with Gasteiger partial charge in [-0.15, -0.1) is 0 Å². The number of aliphatic hydroxyl groups is 1. The molecule has 202 valence electrons. The minimum atomic E-state index is -4.92.